The summed E-state index contributed by atoms with van der Waals surface area (Å²) in [5.74, 6) is -1.96. The van der Waals surface area contributed by atoms with Crippen molar-refractivity contribution < 1.29 is 56.8 Å². The summed E-state index contributed by atoms with van der Waals surface area (Å²) in [6, 6.07) is 0. The quantitative estimate of drug-likeness (QED) is 0.0259. The summed E-state index contributed by atoms with van der Waals surface area (Å²) in [5, 5.41) is 30.9. The maximum atomic E-state index is 12.8. The molecule has 0 spiro atoms. The van der Waals surface area contributed by atoms with Gasteiger partial charge in [-0.05, 0) is 12.8 Å². The zero-order valence-corrected chi connectivity index (χ0v) is 38.2. The predicted molar refractivity (Wildman–Crippen MR) is 234 cm³/mol. The van der Waals surface area contributed by atoms with E-state index in [1.807, 2.05) is 0 Å². The maximum absolute atomic E-state index is 12.8. The van der Waals surface area contributed by atoms with Crippen molar-refractivity contribution in [2.24, 2.45) is 0 Å². The van der Waals surface area contributed by atoms with Crippen molar-refractivity contribution in [3.8, 4) is 0 Å². The SMILES string of the molecule is CCCCCCCCCCCCCCCCCCC(=O)OC[C@H](CO[C@H]1O[C@H](CS(=O)(=O)O)[C@@H](O)C(O)C1O)OC(=O)CCCCCCCCCCCCCCCCC. The van der Waals surface area contributed by atoms with Crippen LogP contribution in [0.4, 0.5) is 0 Å². The molecule has 1 fully saturated rings. The van der Waals surface area contributed by atoms with Gasteiger partial charge in [-0.1, -0.05) is 200 Å². The molecule has 13 heteroatoms. The molecule has 1 heterocycles. The lowest BCUT2D eigenvalue weighted by atomic mass is 10.00. The Morgan fingerprint density at radius 3 is 1.24 bits per heavy atom. The molecule has 12 nitrogen and oxygen atoms in total. The first-order valence-electron chi connectivity index (χ1n) is 24.1. The second-order valence-corrected chi connectivity index (χ2v) is 18.6. The number of esters is 2. The Morgan fingerprint density at radius 1 is 0.508 bits per heavy atom. The predicted octanol–water partition coefficient (Wildman–Crippen LogP) is 10.1. The van der Waals surface area contributed by atoms with Gasteiger partial charge >= 0.3 is 11.9 Å². The fourth-order valence-electron chi connectivity index (χ4n) is 7.68. The summed E-state index contributed by atoms with van der Waals surface area (Å²) in [6.07, 6.45) is 28.5. The van der Waals surface area contributed by atoms with Crippen LogP contribution in [0.2, 0.25) is 0 Å². The van der Waals surface area contributed by atoms with E-state index in [-0.39, 0.29) is 19.4 Å². The summed E-state index contributed by atoms with van der Waals surface area (Å²) in [6.45, 7) is 3.79. The third-order valence-corrected chi connectivity index (χ3v) is 12.2. The number of rotatable bonds is 41. The lowest BCUT2D eigenvalue weighted by molar-refractivity contribution is -0.297. The van der Waals surface area contributed by atoms with Gasteiger partial charge in [0.2, 0.25) is 0 Å². The summed E-state index contributed by atoms with van der Waals surface area (Å²) >= 11 is 0. The molecule has 59 heavy (non-hydrogen) atoms. The number of unbranched alkanes of at least 4 members (excludes halogenated alkanes) is 29. The molecule has 0 aromatic rings. The highest BCUT2D eigenvalue weighted by molar-refractivity contribution is 7.85. The molecule has 1 aliphatic heterocycles. The van der Waals surface area contributed by atoms with Crippen LogP contribution < -0.4 is 0 Å². The van der Waals surface area contributed by atoms with Gasteiger partial charge < -0.3 is 34.3 Å². The van der Waals surface area contributed by atoms with E-state index in [0.29, 0.717) is 12.8 Å². The van der Waals surface area contributed by atoms with Gasteiger partial charge in [0.1, 0.15) is 36.8 Å². The van der Waals surface area contributed by atoms with E-state index >= 15 is 0 Å². The van der Waals surface area contributed by atoms with Gasteiger partial charge in [-0.3, -0.25) is 14.1 Å². The zero-order chi connectivity index (χ0) is 43.4. The average molecular weight is 865 g/mol. The number of hydrogen-bond acceptors (Lipinski definition) is 11. The third kappa shape index (κ3) is 32.1. The van der Waals surface area contributed by atoms with Crippen molar-refractivity contribution in [3.05, 3.63) is 0 Å². The second kappa shape index (κ2) is 37.2. The molecule has 0 aromatic carbocycles. The van der Waals surface area contributed by atoms with Crippen LogP contribution in [0.3, 0.4) is 0 Å². The van der Waals surface area contributed by atoms with Crippen LogP contribution >= 0.6 is 0 Å². The van der Waals surface area contributed by atoms with Crippen molar-refractivity contribution in [1.82, 2.24) is 0 Å². The Bertz CT molecular complexity index is 1110. The smallest absolute Gasteiger partial charge is 0.306 e. The van der Waals surface area contributed by atoms with Gasteiger partial charge in [-0.25, -0.2) is 0 Å². The van der Waals surface area contributed by atoms with Crippen molar-refractivity contribution in [3.63, 3.8) is 0 Å². The van der Waals surface area contributed by atoms with Gasteiger partial charge in [0.05, 0.1) is 6.61 Å². The van der Waals surface area contributed by atoms with Crippen molar-refractivity contribution >= 4 is 22.1 Å². The van der Waals surface area contributed by atoms with E-state index < -0.39 is 71.2 Å². The molecule has 2 unspecified atom stereocenters. The number of aliphatic hydroxyl groups excluding tert-OH is 3. The Balaban J connectivity index is 2.40. The van der Waals surface area contributed by atoms with Crippen LogP contribution in [0.1, 0.15) is 226 Å². The van der Waals surface area contributed by atoms with Crippen LogP contribution in [0, 0.1) is 0 Å². The molecule has 4 N–H and O–H groups in total. The molecule has 350 valence electrons. The van der Waals surface area contributed by atoms with Crippen molar-refractivity contribution in [1.29, 1.82) is 0 Å². The Hall–Kier alpha value is -1.35. The highest BCUT2D eigenvalue weighted by atomic mass is 32.2. The highest BCUT2D eigenvalue weighted by Gasteiger charge is 2.46. The number of aliphatic hydroxyl groups is 3. The fourth-order valence-corrected chi connectivity index (χ4v) is 8.37. The Labute approximate surface area is 359 Å². The minimum atomic E-state index is -4.60. The molecular weight excluding hydrogens is 777 g/mol. The van der Waals surface area contributed by atoms with Gasteiger partial charge in [0.25, 0.3) is 10.1 Å². The van der Waals surface area contributed by atoms with E-state index in [1.54, 1.807) is 0 Å². The minimum Gasteiger partial charge on any atom is -0.462 e. The molecule has 1 aliphatic rings. The van der Waals surface area contributed by atoms with Gasteiger partial charge in [-0.15, -0.1) is 0 Å². The largest absolute Gasteiger partial charge is 0.462 e. The summed E-state index contributed by atoms with van der Waals surface area (Å²) in [5.41, 5.74) is 0. The zero-order valence-electron chi connectivity index (χ0n) is 37.4. The average Bonchev–Trinajstić information content (AvgIpc) is 3.20. The number of carbonyl (C=O) groups is 2. The molecule has 0 saturated carbocycles. The van der Waals surface area contributed by atoms with E-state index in [2.05, 4.69) is 13.8 Å². The molecule has 0 radical (unpaired) electrons. The monoisotopic (exact) mass is 865 g/mol. The van der Waals surface area contributed by atoms with Gasteiger partial charge in [-0.2, -0.15) is 8.42 Å². The number of carbonyl (C=O) groups excluding carboxylic acids is 2. The van der Waals surface area contributed by atoms with Gasteiger partial charge in [0.15, 0.2) is 12.4 Å². The van der Waals surface area contributed by atoms with Crippen LogP contribution in [-0.2, 0) is 38.7 Å². The molecule has 0 aliphatic carbocycles. The number of ether oxygens (including phenoxy) is 4. The van der Waals surface area contributed by atoms with E-state index in [9.17, 15) is 37.9 Å². The molecule has 0 amide bonds. The standard InChI is InChI=1S/C46H88O12S/c1-3-5-7-9-11-13-15-17-19-21-22-24-26-28-30-32-34-41(47)55-36-39(37-56-46-45(51)44(50)43(49)40(58-46)38-59(52,53)54)57-42(48)35-33-31-29-27-25-23-20-18-16-14-12-10-8-6-4-2/h39-40,43-46,49-51H,3-38H2,1-2H3,(H,52,53,54)/t39-,40-,43-,44?,45?,46+/m1/s1. The Morgan fingerprint density at radius 2 is 0.864 bits per heavy atom. The topological polar surface area (TPSA) is 186 Å². The molecule has 6 atom stereocenters. The summed E-state index contributed by atoms with van der Waals surface area (Å²) in [7, 11) is -4.60. The van der Waals surface area contributed by atoms with E-state index in [4.69, 9.17) is 18.9 Å². The first-order valence-corrected chi connectivity index (χ1v) is 25.7. The molecular formula is C46H88O12S. The van der Waals surface area contributed by atoms with Crippen LogP contribution in [-0.4, -0.2) is 96.0 Å². The third-order valence-electron chi connectivity index (χ3n) is 11.4. The van der Waals surface area contributed by atoms with Crippen LogP contribution in [0.15, 0.2) is 0 Å². The molecule has 0 bridgehead atoms. The summed E-state index contributed by atoms with van der Waals surface area (Å²) < 4.78 is 54.1. The van der Waals surface area contributed by atoms with Crippen molar-refractivity contribution in [2.45, 2.75) is 263 Å². The lowest BCUT2D eigenvalue weighted by Crippen LogP contribution is -2.60. The molecule has 1 rings (SSSR count). The van der Waals surface area contributed by atoms with Crippen molar-refractivity contribution in [2.75, 3.05) is 19.0 Å². The fraction of sp³-hybridized carbons (Fsp3) is 0.957. The molecule has 0 aromatic heterocycles. The van der Waals surface area contributed by atoms with Crippen LogP contribution in [0.5, 0.6) is 0 Å². The van der Waals surface area contributed by atoms with Gasteiger partial charge in [0, 0.05) is 12.8 Å². The first-order chi connectivity index (χ1) is 28.5. The lowest BCUT2D eigenvalue weighted by Gasteiger charge is -2.40. The van der Waals surface area contributed by atoms with E-state index in [0.717, 1.165) is 38.5 Å². The second-order valence-electron chi connectivity index (χ2n) is 17.1. The highest BCUT2D eigenvalue weighted by Crippen LogP contribution is 2.24. The summed E-state index contributed by atoms with van der Waals surface area (Å²) in [4.78, 5) is 25.4. The minimum absolute atomic E-state index is 0.172. The maximum Gasteiger partial charge on any atom is 0.306 e. The van der Waals surface area contributed by atoms with E-state index in [1.165, 1.54) is 148 Å². The first kappa shape index (κ1) is 55.7. The number of hydrogen-bond donors (Lipinski definition) is 4. The van der Waals surface area contributed by atoms with Crippen LogP contribution in [0.25, 0.3) is 0 Å². The Kier molecular flexibility index (Phi) is 35.1. The molecule has 1 saturated heterocycles. The normalized spacial score (nSPS) is 20.1.